The van der Waals surface area contributed by atoms with Gasteiger partial charge in [0.1, 0.15) is 25.2 Å². The quantitative estimate of drug-likeness (QED) is 0.800. The minimum absolute atomic E-state index is 0.556. The molecule has 7 nitrogen and oxygen atoms in total. The van der Waals surface area contributed by atoms with E-state index in [1.54, 1.807) is 4.68 Å². The highest BCUT2D eigenvalue weighted by Gasteiger charge is 2.16. The Bertz CT molecular complexity index is 823. The number of fused-ring (bicyclic) bond motifs is 1. The minimum atomic E-state index is 0.556. The van der Waals surface area contributed by atoms with Crippen molar-refractivity contribution in [3.63, 3.8) is 0 Å². The molecule has 2 aromatic heterocycles. The van der Waals surface area contributed by atoms with Gasteiger partial charge in [-0.25, -0.2) is 9.67 Å². The lowest BCUT2D eigenvalue weighted by Gasteiger charge is -2.18. The van der Waals surface area contributed by atoms with Gasteiger partial charge in [0.15, 0.2) is 17.3 Å². The Balaban J connectivity index is 1.71. The molecule has 0 unspecified atom stereocenters. The molecule has 1 aromatic carbocycles. The molecule has 0 bridgehead atoms. The van der Waals surface area contributed by atoms with Gasteiger partial charge in [-0.2, -0.15) is 10.2 Å². The number of rotatable bonds is 4. The van der Waals surface area contributed by atoms with Crippen molar-refractivity contribution in [1.82, 2.24) is 25.0 Å². The van der Waals surface area contributed by atoms with Crippen LogP contribution in [0.5, 0.6) is 11.5 Å². The lowest BCUT2D eigenvalue weighted by Crippen LogP contribution is -2.15. The number of nitrogens with zero attached hydrogens (tertiary/aromatic N) is 4. The fraction of sp³-hybridized carbons (Fsp3) is 0.312. The first-order valence-corrected chi connectivity index (χ1v) is 7.70. The first-order valence-electron chi connectivity index (χ1n) is 7.70. The number of hydrogen-bond donors (Lipinski definition) is 1. The first kappa shape index (κ1) is 13.8. The molecule has 7 heteroatoms. The fourth-order valence-electron chi connectivity index (χ4n) is 2.64. The van der Waals surface area contributed by atoms with Gasteiger partial charge < -0.3 is 9.47 Å². The van der Waals surface area contributed by atoms with Gasteiger partial charge in [0.05, 0.1) is 5.69 Å². The molecular weight excluding hydrogens is 294 g/mol. The molecule has 3 heterocycles. The summed E-state index contributed by atoms with van der Waals surface area (Å²) in [7, 11) is 0. The number of aromatic amines is 1. The molecule has 23 heavy (non-hydrogen) atoms. The molecule has 0 aliphatic carbocycles. The maximum absolute atomic E-state index is 5.64. The zero-order chi connectivity index (χ0) is 15.6. The molecule has 0 spiro atoms. The zero-order valence-corrected chi connectivity index (χ0v) is 12.8. The van der Waals surface area contributed by atoms with Crippen LogP contribution in [-0.2, 0) is 6.42 Å². The molecule has 0 atom stereocenters. The third kappa shape index (κ3) is 2.54. The highest BCUT2D eigenvalue weighted by molar-refractivity contribution is 5.56. The van der Waals surface area contributed by atoms with Gasteiger partial charge in [-0.3, -0.25) is 5.10 Å². The lowest BCUT2D eigenvalue weighted by atomic mass is 10.2. The maximum Gasteiger partial charge on any atom is 0.183 e. The third-order valence-electron chi connectivity index (χ3n) is 3.70. The monoisotopic (exact) mass is 311 g/mol. The van der Waals surface area contributed by atoms with E-state index in [4.69, 9.17) is 9.47 Å². The van der Waals surface area contributed by atoms with Gasteiger partial charge in [-0.1, -0.05) is 13.3 Å². The van der Waals surface area contributed by atoms with Gasteiger partial charge >= 0.3 is 0 Å². The summed E-state index contributed by atoms with van der Waals surface area (Å²) in [6.07, 6.45) is 3.56. The van der Waals surface area contributed by atoms with Gasteiger partial charge in [0.25, 0.3) is 0 Å². The first-order chi connectivity index (χ1) is 11.3. The molecule has 1 aliphatic rings. The Hall–Kier alpha value is -2.83. The maximum atomic E-state index is 5.64. The van der Waals surface area contributed by atoms with Crippen LogP contribution in [0.2, 0.25) is 0 Å². The van der Waals surface area contributed by atoms with E-state index in [0.29, 0.717) is 19.0 Å². The van der Waals surface area contributed by atoms with Gasteiger partial charge in [0.2, 0.25) is 0 Å². The molecule has 4 rings (SSSR count). The largest absolute Gasteiger partial charge is 0.486 e. The summed E-state index contributed by atoms with van der Waals surface area (Å²) in [6, 6.07) is 7.75. The van der Waals surface area contributed by atoms with E-state index in [9.17, 15) is 0 Å². The van der Waals surface area contributed by atoms with Gasteiger partial charge in [0, 0.05) is 11.8 Å². The van der Waals surface area contributed by atoms with Crippen LogP contribution >= 0.6 is 0 Å². The average Bonchev–Trinajstić information content (AvgIpc) is 3.23. The molecule has 0 amide bonds. The normalized spacial score (nSPS) is 13.3. The number of aromatic nitrogens is 5. The van der Waals surface area contributed by atoms with Crippen LogP contribution in [0.25, 0.3) is 17.2 Å². The third-order valence-corrected chi connectivity index (χ3v) is 3.70. The molecule has 0 saturated carbocycles. The molecule has 0 radical (unpaired) electrons. The molecule has 118 valence electrons. The number of ether oxygens (including phenoxy) is 2. The summed E-state index contributed by atoms with van der Waals surface area (Å²) in [5.74, 6) is 2.18. The second kappa shape index (κ2) is 5.75. The summed E-state index contributed by atoms with van der Waals surface area (Å²) >= 11 is 0. The fourth-order valence-corrected chi connectivity index (χ4v) is 2.64. The smallest absolute Gasteiger partial charge is 0.183 e. The van der Waals surface area contributed by atoms with Crippen LogP contribution in [0.1, 0.15) is 19.0 Å². The van der Waals surface area contributed by atoms with Crippen molar-refractivity contribution in [2.24, 2.45) is 0 Å². The molecule has 3 aromatic rings. The Labute approximate surface area is 133 Å². The SMILES string of the molecule is CCCc1cc(-c2ncnn2-c2ccc3c(c2)OCCO3)n[nH]1. The van der Waals surface area contributed by atoms with Crippen LogP contribution in [0.3, 0.4) is 0 Å². The van der Waals surface area contributed by atoms with E-state index >= 15 is 0 Å². The van der Waals surface area contributed by atoms with Crippen LogP contribution in [0, 0.1) is 0 Å². The highest BCUT2D eigenvalue weighted by atomic mass is 16.6. The van der Waals surface area contributed by atoms with Crippen molar-refractivity contribution in [3.8, 4) is 28.7 Å². The van der Waals surface area contributed by atoms with Gasteiger partial charge in [-0.05, 0) is 24.6 Å². The van der Waals surface area contributed by atoms with Crippen LogP contribution in [0.15, 0.2) is 30.6 Å². The van der Waals surface area contributed by atoms with E-state index in [1.807, 2.05) is 24.3 Å². The van der Waals surface area contributed by atoms with Crippen molar-refractivity contribution in [1.29, 1.82) is 0 Å². The molecule has 0 fully saturated rings. The number of aryl methyl sites for hydroxylation is 1. The summed E-state index contributed by atoms with van der Waals surface area (Å²) in [5, 5.41) is 11.7. The van der Waals surface area contributed by atoms with Crippen molar-refractivity contribution in [2.75, 3.05) is 13.2 Å². The molecular formula is C16H17N5O2. The Morgan fingerprint density at radius 1 is 1.17 bits per heavy atom. The van der Waals surface area contributed by atoms with Crippen LogP contribution in [-0.4, -0.2) is 38.2 Å². The topological polar surface area (TPSA) is 77.8 Å². The van der Waals surface area contributed by atoms with E-state index in [-0.39, 0.29) is 0 Å². The number of hydrogen-bond acceptors (Lipinski definition) is 5. The number of benzene rings is 1. The van der Waals surface area contributed by atoms with Crippen molar-refractivity contribution < 1.29 is 9.47 Å². The van der Waals surface area contributed by atoms with Crippen molar-refractivity contribution >= 4 is 0 Å². The van der Waals surface area contributed by atoms with E-state index in [0.717, 1.165) is 41.4 Å². The molecule has 1 aliphatic heterocycles. The average molecular weight is 311 g/mol. The van der Waals surface area contributed by atoms with E-state index in [1.165, 1.54) is 6.33 Å². The predicted octanol–water partition coefficient (Wildman–Crippen LogP) is 2.38. The van der Waals surface area contributed by atoms with Crippen LogP contribution in [0.4, 0.5) is 0 Å². The molecule has 1 N–H and O–H groups in total. The second-order valence-electron chi connectivity index (χ2n) is 5.35. The predicted molar refractivity (Wildman–Crippen MR) is 83.9 cm³/mol. The highest BCUT2D eigenvalue weighted by Crippen LogP contribution is 2.32. The standard InChI is InChI=1S/C16H17N5O2/c1-2-3-11-8-13(20-19-11)16-17-10-18-21(16)12-4-5-14-15(9-12)23-7-6-22-14/h4-5,8-10H,2-3,6-7H2,1H3,(H,19,20). The Morgan fingerprint density at radius 2 is 2.04 bits per heavy atom. The minimum Gasteiger partial charge on any atom is -0.486 e. The summed E-state index contributed by atoms with van der Waals surface area (Å²) in [6.45, 7) is 3.27. The summed E-state index contributed by atoms with van der Waals surface area (Å²) < 4.78 is 12.9. The Morgan fingerprint density at radius 3 is 2.91 bits per heavy atom. The lowest BCUT2D eigenvalue weighted by molar-refractivity contribution is 0.171. The Kier molecular flexibility index (Phi) is 3.45. The summed E-state index contributed by atoms with van der Waals surface area (Å²) in [5.41, 5.74) is 2.74. The van der Waals surface area contributed by atoms with Gasteiger partial charge in [-0.15, -0.1) is 0 Å². The van der Waals surface area contributed by atoms with Crippen LogP contribution < -0.4 is 9.47 Å². The van der Waals surface area contributed by atoms with Crippen molar-refractivity contribution in [2.45, 2.75) is 19.8 Å². The second-order valence-corrected chi connectivity index (χ2v) is 5.35. The number of H-pyrrole nitrogens is 1. The van der Waals surface area contributed by atoms with E-state index < -0.39 is 0 Å². The van der Waals surface area contributed by atoms with Crippen molar-refractivity contribution in [3.05, 3.63) is 36.3 Å². The zero-order valence-electron chi connectivity index (χ0n) is 12.8. The van der Waals surface area contributed by atoms with E-state index in [2.05, 4.69) is 27.2 Å². The number of nitrogens with one attached hydrogen (secondary N) is 1. The summed E-state index contributed by atoms with van der Waals surface area (Å²) in [4.78, 5) is 4.35. The molecule has 0 saturated heterocycles.